The van der Waals surface area contributed by atoms with Crippen LogP contribution < -0.4 is 4.74 Å². The van der Waals surface area contributed by atoms with Crippen molar-refractivity contribution in [2.75, 3.05) is 0 Å². The maximum atomic E-state index is 13.7. The first-order chi connectivity index (χ1) is 15.4. The van der Waals surface area contributed by atoms with E-state index in [9.17, 15) is 9.90 Å². The van der Waals surface area contributed by atoms with Crippen LogP contribution in [-0.2, 0) is 10.8 Å². The number of halogens is 1. The van der Waals surface area contributed by atoms with Crippen LogP contribution in [0.25, 0.3) is 0 Å². The highest BCUT2D eigenvalue weighted by Crippen LogP contribution is 2.47. The number of benzene rings is 3. The first-order valence-electron chi connectivity index (χ1n) is 11.3. The maximum absolute atomic E-state index is 13.7. The Bertz CT molecular complexity index is 1160. The van der Waals surface area contributed by atoms with E-state index in [1.165, 1.54) is 0 Å². The molecule has 0 saturated carbocycles. The summed E-state index contributed by atoms with van der Waals surface area (Å²) in [6, 6.07) is 19.4. The molecule has 2 atom stereocenters. The van der Waals surface area contributed by atoms with E-state index in [0.29, 0.717) is 11.3 Å². The Balaban J connectivity index is 1.92. The summed E-state index contributed by atoms with van der Waals surface area (Å²) in [6.07, 6.45) is -0.672. The molecule has 4 rings (SSSR count). The van der Waals surface area contributed by atoms with Gasteiger partial charge in [0.1, 0.15) is 11.5 Å². The van der Waals surface area contributed by atoms with E-state index < -0.39 is 6.10 Å². The van der Waals surface area contributed by atoms with E-state index in [0.717, 1.165) is 32.5 Å². The predicted octanol–water partition coefficient (Wildman–Crippen LogP) is 7.53. The Kier molecular flexibility index (Phi) is 5.94. The van der Waals surface area contributed by atoms with Gasteiger partial charge >= 0.3 is 0 Å². The number of hydrogen-bond donors (Lipinski definition) is 1. The Morgan fingerprint density at radius 2 is 1.42 bits per heavy atom. The fraction of sp³-hybridized carbons (Fsp3) is 0.345. The molecule has 1 aliphatic rings. The van der Waals surface area contributed by atoms with Gasteiger partial charge in [-0.3, -0.25) is 4.79 Å². The van der Waals surface area contributed by atoms with E-state index in [1.807, 2.05) is 48.5 Å². The third-order valence-electron chi connectivity index (χ3n) is 6.31. The molecular weight excluding hydrogens is 476 g/mol. The molecule has 0 radical (unpaired) electrons. The normalized spacial score (nSPS) is 18.0. The molecule has 33 heavy (non-hydrogen) atoms. The molecule has 0 aliphatic carbocycles. The van der Waals surface area contributed by atoms with Crippen molar-refractivity contribution in [3.63, 3.8) is 0 Å². The molecule has 172 valence electrons. The maximum Gasteiger partial charge on any atom is 0.204 e. The number of carbonyl (C=O) groups is 1. The van der Waals surface area contributed by atoms with Crippen molar-refractivity contribution < 1.29 is 14.6 Å². The first-order valence-corrected chi connectivity index (χ1v) is 12.1. The molecule has 3 aromatic rings. The van der Waals surface area contributed by atoms with Gasteiger partial charge < -0.3 is 9.84 Å². The summed E-state index contributed by atoms with van der Waals surface area (Å²) in [5.74, 6) is 0.758. The second-order valence-electron chi connectivity index (χ2n) is 10.9. The van der Waals surface area contributed by atoms with Crippen molar-refractivity contribution in [1.82, 2.24) is 0 Å². The Morgan fingerprint density at radius 3 is 1.97 bits per heavy atom. The van der Waals surface area contributed by atoms with Crippen molar-refractivity contribution in [2.24, 2.45) is 0 Å². The average Bonchev–Trinajstić information content (AvgIpc) is 3.12. The van der Waals surface area contributed by atoms with Crippen LogP contribution >= 0.6 is 15.9 Å². The number of para-hydroxylation sites is 1. The van der Waals surface area contributed by atoms with Gasteiger partial charge in [0.15, 0.2) is 6.10 Å². The second-order valence-corrected chi connectivity index (χ2v) is 11.8. The summed E-state index contributed by atoms with van der Waals surface area (Å²) in [7, 11) is 0. The van der Waals surface area contributed by atoms with Crippen LogP contribution in [0.15, 0.2) is 65.1 Å². The minimum atomic E-state index is -0.672. The Morgan fingerprint density at radius 1 is 0.879 bits per heavy atom. The molecule has 1 heterocycles. The molecule has 0 saturated heterocycles. The zero-order valence-electron chi connectivity index (χ0n) is 20.1. The van der Waals surface area contributed by atoms with Gasteiger partial charge in [-0.05, 0) is 45.7 Å². The number of ether oxygens (including phenoxy) is 1. The van der Waals surface area contributed by atoms with Gasteiger partial charge in [0.2, 0.25) is 5.78 Å². The van der Waals surface area contributed by atoms with Crippen molar-refractivity contribution in [3.8, 4) is 11.5 Å². The van der Waals surface area contributed by atoms with E-state index in [1.54, 1.807) is 0 Å². The van der Waals surface area contributed by atoms with Crippen LogP contribution in [-0.4, -0.2) is 17.0 Å². The summed E-state index contributed by atoms with van der Waals surface area (Å²) < 4.78 is 7.20. The number of ketones is 1. The van der Waals surface area contributed by atoms with Crippen LogP contribution in [0.4, 0.5) is 0 Å². The number of hydrogen-bond acceptors (Lipinski definition) is 3. The Hall–Kier alpha value is -2.59. The lowest BCUT2D eigenvalue weighted by molar-refractivity contribution is 0.0806. The van der Waals surface area contributed by atoms with Crippen LogP contribution in [0.3, 0.4) is 0 Å². The zero-order chi connectivity index (χ0) is 24.1. The monoisotopic (exact) mass is 506 g/mol. The van der Waals surface area contributed by atoms with Crippen LogP contribution in [0.1, 0.15) is 80.1 Å². The van der Waals surface area contributed by atoms with E-state index in [2.05, 4.69) is 69.6 Å². The number of fused-ring (bicyclic) bond motifs is 1. The summed E-state index contributed by atoms with van der Waals surface area (Å²) in [4.78, 5) is 13.7. The van der Waals surface area contributed by atoms with Crippen molar-refractivity contribution in [3.05, 3.63) is 93.0 Å². The minimum Gasteiger partial charge on any atom is -0.507 e. The number of phenols is 1. The molecule has 3 aromatic carbocycles. The van der Waals surface area contributed by atoms with Crippen molar-refractivity contribution in [1.29, 1.82) is 0 Å². The molecule has 3 nitrogen and oxygen atoms in total. The zero-order valence-corrected chi connectivity index (χ0v) is 21.7. The largest absolute Gasteiger partial charge is 0.507 e. The van der Waals surface area contributed by atoms with E-state index in [-0.39, 0.29) is 22.5 Å². The van der Waals surface area contributed by atoms with Crippen molar-refractivity contribution in [2.45, 2.75) is 64.4 Å². The van der Waals surface area contributed by atoms with Crippen LogP contribution in [0.5, 0.6) is 11.5 Å². The van der Waals surface area contributed by atoms with Gasteiger partial charge in [0, 0.05) is 15.6 Å². The molecule has 0 fully saturated rings. The quantitative estimate of drug-likeness (QED) is 0.373. The lowest BCUT2D eigenvalue weighted by Crippen LogP contribution is -2.30. The van der Waals surface area contributed by atoms with Gasteiger partial charge in [-0.2, -0.15) is 0 Å². The number of Topliss-reactive ketones (excluding diaryl/α,β-unsaturated/α-hetero) is 1. The SMILES string of the molecule is CC(C)(C)c1cc([C@H]2c3ccccc3O[C@@H]2C(=O)c2ccc(Br)cc2)cc(C(C)(C)C)c1O. The number of carbonyl (C=O) groups excluding carboxylic acids is 1. The molecule has 0 bridgehead atoms. The van der Waals surface area contributed by atoms with Crippen molar-refractivity contribution >= 4 is 21.7 Å². The second kappa shape index (κ2) is 8.32. The first kappa shape index (κ1) is 23.6. The van der Waals surface area contributed by atoms with Gasteiger partial charge in [-0.15, -0.1) is 0 Å². The standard InChI is InChI=1S/C29H31BrO3/c1-28(2,3)21-15-18(16-22(26(21)32)29(4,5)6)24-20-9-7-8-10-23(20)33-27(24)25(31)17-11-13-19(30)14-12-17/h7-16,24,27,32H,1-6H3/t24-,27-/m0/s1. The lowest BCUT2D eigenvalue weighted by Gasteiger charge is -2.30. The summed E-state index contributed by atoms with van der Waals surface area (Å²) in [5, 5.41) is 11.2. The van der Waals surface area contributed by atoms with Gasteiger partial charge in [0.25, 0.3) is 0 Å². The summed E-state index contributed by atoms with van der Waals surface area (Å²) in [5.41, 5.74) is 3.84. The molecule has 1 aliphatic heterocycles. The highest BCUT2D eigenvalue weighted by Gasteiger charge is 2.41. The minimum absolute atomic E-state index is 0.0496. The highest BCUT2D eigenvalue weighted by molar-refractivity contribution is 9.10. The third kappa shape index (κ3) is 4.46. The van der Waals surface area contributed by atoms with Gasteiger partial charge in [-0.1, -0.05) is 99.9 Å². The highest BCUT2D eigenvalue weighted by atomic mass is 79.9. The molecule has 0 amide bonds. The smallest absolute Gasteiger partial charge is 0.204 e. The topological polar surface area (TPSA) is 46.5 Å². The van der Waals surface area contributed by atoms with Crippen LogP contribution in [0.2, 0.25) is 0 Å². The average molecular weight is 507 g/mol. The summed E-state index contributed by atoms with van der Waals surface area (Å²) >= 11 is 3.44. The van der Waals surface area contributed by atoms with Gasteiger partial charge in [0.05, 0.1) is 5.92 Å². The van der Waals surface area contributed by atoms with Gasteiger partial charge in [-0.25, -0.2) is 0 Å². The molecule has 0 unspecified atom stereocenters. The lowest BCUT2D eigenvalue weighted by atomic mass is 9.75. The number of phenolic OH excluding ortho intramolecular Hbond substituents is 1. The molecular formula is C29H31BrO3. The fourth-order valence-electron chi connectivity index (χ4n) is 4.53. The fourth-order valence-corrected chi connectivity index (χ4v) is 4.79. The number of rotatable bonds is 3. The molecule has 1 N–H and O–H groups in total. The molecule has 0 spiro atoms. The number of aromatic hydroxyl groups is 1. The van der Waals surface area contributed by atoms with Crippen LogP contribution in [0, 0.1) is 0 Å². The van der Waals surface area contributed by atoms with E-state index >= 15 is 0 Å². The third-order valence-corrected chi connectivity index (χ3v) is 6.83. The summed E-state index contributed by atoms with van der Waals surface area (Å²) in [6.45, 7) is 12.6. The molecule has 0 aromatic heterocycles. The Labute approximate surface area is 204 Å². The predicted molar refractivity (Wildman–Crippen MR) is 137 cm³/mol. The molecule has 4 heteroatoms. The van der Waals surface area contributed by atoms with E-state index in [4.69, 9.17) is 4.74 Å².